The van der Waals surface area contributed by atoms with E-state index in [9.17, 15) is 4.79 Å². The van der Waals surface area contributed by atoms with E-state index in [2.05, 4.69) is 12.2 Å². The molecule has 1 heterocycles. The molecule has 1 saturated heterocycles. The zero-order valence-electron chi connectivity index (χ0n) is 9.52. The zero-order chi connectivity index (χ0) is 10.8. The molecule has 2 heteroatoms. The molecule has 2 saturated carbocycles. The Hall–Kier alpha value is -0.790. The Balaban J connectivity index is 1.75. The Morgan fingerprint density at radius 2 is 1.88 bits per heavy atom. The van der Waals surface area contributed by atoms with Crippen LogP contribution in [0, 0.1) is 23.7 Å². The first-order valence-electron chi connectivity index (χ1n) is 6.71. The van der Waals surface area contributed by atoms with Gasteiger partial charge in [-0.3, -0.25) is 4.79 Å². The third-order valence-corrected chi connectivity index (χ3v) is 5.34. The largest absolute Gasteiger partial charge is 0.458 e. The fraction of sp³-hybridized carbons (Fsp3) is 0.786. The summed E-state index contributed by atoms with van der Waals surface area (Å²) < 4.78 is 5.86. The highest BCUT2D eigenvalue weighted by Gasteiger charge is 2.64. The van der Waals surface area contributed by atoms with Crippen LogP contribution in [0.5, 0.6) is 0 Å². The van der Waals surface area contributed by atoms with Crippen LogP contribution in [-0.2, 0) is 9.53 Å². The van der Waals surface area contributed by atoms with Gasteiger partial charge in [0.05, 0.1) is 5.92 Å². The van der Waals surface area contributed by atoms with Gasteiger partial charge in [0.15, 0.2) is 0 Å². The number of ether oxygens (including phenoxy) is 1. The normalized spacial score (nSPS) is 47.4. The number of allylic oxidation sites excluding steroid dienone is 2. The minimum absolute atomic E-state index is 0.0514. The first kappa shape index (κ1) is 9.26. The van der Waals surface area contributed by atoms with E-state index < -0.39 is 0 Å². The van der Waals surface area contributed by atoms with Crippen LogP contribution >= 0.6 is 0 Å². The second-order valence-electron chi connectivity index (χ2n) is 6.05. The Labute approximate surface area is 96.0 Å². The average Bonchev–Trinajstić information content (AvgIpc) is 2.94. The Bertz CT molecular complexity index is 365. The van der Waals surface area contributed by atoms with Gasteiger partial charge in [-0.2, -0.15) is 0 Å². The molecule has 3 fully saturated rings. The van der Waals surface area contributed by atoms with Gasteiger partial charge in [-0.1, -0.05) is 18.6 Å². The fourth-order valence-electron chi connectivity index (χ4n) is 4.78. The van der Waals surface area contributed by atoms with Crippen LogP contribution in [0.15, 0.2) is 12.2 Å². The summed E-state index contributed by atoms with van der Waals surface area (Å²) in [6.07, 6.45) is 11.9. The van der Waals surface area contributed by atoms with E-state index in [-0.39, 0.29) is 17.5 Å². The van der Waals surface area contributed by atoms with Gasteiger partial charge in [0.2, 0.25) is 0 Å². The van der Waals surface area contributed by atoms with Crippen molar-refractivity contribution in [1.82, 2.24) is 0 Å². The van der Waals surface area contributed by atoms with E-state index in [0.29, 0.717) is 17.8 Å². The second-order valence-corrected chi connectivity index (χ2v) is 6.05. The molecule has 0 radical (unpaired) electrons. The predicted molar refractivity (Wildman–Crippen MR) is 59.6 cm³/mol. The molecule has 0 aromatic carbocycles. The fourth-order valence-corrected chi connectivity index (χ4v) is 4.78. The number of hydrogen-bond acceptors (Lipinski definition) is 2. The lowest BCUT2D eigenvalue weighted by Crippen LogP contribution is -2.40. The molecule has 86 valence electrons. The summed E-state index contributed by atoms with van der Waals surface area (Å²) in [7, 11) is 0. The highest BCUT2D eigenvalue weighted by molar-refractivity contribution is 5.78. The topological polar surface area (TPSA) is 26.3 Å². The molecule has 0 amide bonds. The number of rotatable bonds is 0. The molecule has 2 nitrogen and oxygen atoms in total. The molecule has 4 atom stereocenters. The Morgan fingerprint density at radius 1 is 1.12 bits per heavy atom. The maximum absolute atomic E-state index is 12.1. The maximum Gasteiger partial charge on any atom is 0.310 e. The van der Waals surface area contributed by atoms with Crippen LogP contribution in [0.4, 0.5) is 0 Å². The third kappa shape index (κ3) is 0.964. The third-order valence-electron chi connectivity index (χ3n) is 5.34. The van der Waals surface area contributed by atoms with Crippen molar-refractivity contribution in [3.63, 3.8) is 0 Å². The van der Waals surface area contributed by atoms with E-state index in [1.807, 2.05) is 0 Å². The van der Waals surface area contributed by atoms with E-state index in [4.69, 9.17) is 4.74 Å². The molecule has 1 aliphatic heterocycles. The van der Waals surface area contributed by atoms with Gasteiger partial charge in [-0.05, 0) is 43.9 Å². The summed E-state index contributed by atoms with van der Waals surface area (Å²) in [6.45, 7) is 0. The Kier molecular flexibility index (Phi) is 1.68. The lowest BCUT2D eigenvalue weighted by Gasteiger charge is -2.38. The van der Waals surface area contributed by atoms with Crippen molar-refractivity contribution in [2.24, 2.45) is 23.7 Å². The van der Waals surface area contributed by atoms with Crippen LogP contribution in [0.25, 0.3) is 0 Å². The van der Waals surface area contributed by atoms with Crippen LogP contribution in [0.2, 0.25) is 0 Å². The van der Waals surface area contributed by atoms with Gasteiger partial charge in [0, 0.05) is 5.92 Å². The monoisotopic (exact) mass is 218 g/mol. The second kappa shape index (κ2) is 2.91. The van der Waals surface area contributed by atoms with Gasteiger partial charge < -0.3 is 4.74 Å². The smallest absolute Gasteiger partial charge is 0.310 e. The summed E-state index contributed by atoms with van der Waals surface area (Å²) in [5.74, 6) is 2.00. The molecule has 2 bridgehead atoms. The van der Waals surface area contributed by atoms with Gasteiger partial charge in [-0.15, -0.1) is 0 Å². The lowest BCUT2D eigenvalue weighted by molar-refractivity contribution is -0.155. The first-order valence-corrected chi connectivity index (χ1v) is 6.71. The molecule has 4 rings (SSSR count). The SMILES string of the molecule is O=C1OC2(CCCCC2)[C@H]2[C@@H]1[C@H]1C=C[C@@H]2C1. The maximum atomic E-state index is 12.1. The van der Waals surface area contributed by atoms with E-state index in [1.165, 1.54) is 25.7 Å². The van der Waals surface area contributed by atoms with Crippen LogP contribution in [0.1, 0.15) is 38.5 Å². The van der Waals surface area contributed by atoms with Crippen molar-refractivity contribution in [2.75, 3.05) is 0 Å². The summed E-state index contributed by atoms with van der Waals surface area (Å²) in [5, 5.41) is 0. The van der Waals surface area contributed by atoms with Gasteiger partial charge in [-0.25, -0.2) is 0 Å². The number of fused-ring (bicyclic) bond motifs is 6. The van der Waals surface area contributed by atoms with Crippen molar-refractivity contribution in [1.29, 1.82) is 0 Å². The van der Waals surface area contributed by atoms with Crippen molar-refractivity contribution in [2.45, 2.75) is 44.1 Å². The zero-order valence-corrected chi connectivity index (χ0v) is 9.52. The summed E-state index contributed by atoms with van der Waals surface area (Å²) in [6, 6.07) is 0. The predicted octanol–water partition coefficient (Wildman–Crippen LogP) is 2.68. The summed E-state index contributed by atoms with van der Waals surface area (Å²) in [5.41, 5.74) is -0.0514. The first-order chi connectivity index (χ1) is 7.80. The molecule has 4 aliphatic rings. The molecule has 16 heavy (non-hydrogen) atoms. The van der Waals surface area contributed by atoms with E-state index in [0.717, 1.165) is 12.8 Å². The Morgan fingerprint density at radius 3 is 2.69 bits per heavy atom. The summed E-state index contributed by atoms with van der Waals surface area (Å²) in [4.78, 5) is 12.1. The molecule has 0 N–H and O–H groups in total. The lowest BCUT2D eigenvalue weighted by atomic mass is 9.68. The van der Waals surface area contributed by atoms with Crippen molar-refractivity contribution >= 4 is 5.97 Å². The van der Waals surface area contributed by atoms with Crippen LogP contribution in [0.3, 0.4) is 0 Å². The van der Waals surface area contributed by atoms with Gasteiger partial charge in [0.1, 0.15) is 5.60 Å². The highest BCUT2D eigenvalue weighted by Crippen LogP contribution is 2.60. The van der Waals surface area contributed by atoms with Crippen LogP contribution < -0.4 is 0 Å². The molecule has 0 aromatic heterocycles. The van der Waals surface area contributed by atoms with Crippen molar-refractivity contribution in [3.8, 4) is 0 Å². The molecule has 0 unspecified atom stereocenters. The molecule has 3 aliphatic carbocycles. The van der Waals surface area contributed by atoms with Gasteiger partial charge in [0.25, 0.3) is 0 Å². The molecule has 1 spiro atoms. The van der Waals surface area contributed by atoms with E-state index in [1.54, 1.807) is 0 Å². The van der Waals surface area contributed by atoms with E-state index >= 15 is 0 Å². The van der Waals surface area contributed by atoms with Crippen molar-refractivity contribution in [3.05, 3.63) is 12.2 Å². The van der Waals surface area contributed by atoms with Gasteiger partial charge >= 0.3 is 5.97 Å². The average molecular weight is 218 g/mol. The minimum Gasteiger partial charge on any atom is -0.458 e. The number of carbonyl (C=O) groups is 1. The highest BCUT2D eigenvalue weighted by atomic mass is 16.6. The number of carbonyl (C=O) groups excluding carboxylic acids is 1. The number of hydrogen-bond donors (Lipinski definition) is 0. The standard InChI is InChI=1S/C14H18O2/c15-13-11-9-4-5-10(8-9)12(11)14(16-13)6-2-1-3-7-14/h4-5,9-12H,1-3,6-8H2/t9-,10+,11-,12+/m0/s1. The van der Waals surface area contributed by atoms with Crippen molar-refractivity contribution < 1.29 is 9.53 Å². The molecule has 0 aromatic rings. The minimum atomic E-state index is -0.0514. The van der Waals surface area contributed by atoms with Crippen LogP contribution in [-0.4, -0.2) is 11.6 Å². The molecular formula is C14H18O2. The quantitative estimate of drug-likeness (QED) is 0.461. The number of esters is 1. The molecular weight excluding hydrogens is 200 g/mol. The summed E-state index contributed by atoms with van der Waals surface area (Å²) >= 11 is 0.